The van der Waals surface area contributed by atoms with Gasteiger partial charge in [-0.1, -0.05) is 30.3 Å². The number of carbonyl (C=O) groups excluding carboxylic acids is 1. The fraction of sp³-hybridized carbons (Fsp3) is 0.381. The van der Waals surface area contributed by atoms with Crippen molar-refractivity contribution in [1.29, 1.82) is 0 Å². The summed E-state index contributed by atoms with van der Waals surface area (Å²) in [7, 11) is 1.82. The van der Waals surface area contributed by atoms with Gasteiger partial charge in [-0.05, 0) is 67.2 Å². The maximum atomic E-state index is 11.7. The van der Waals surface area contributed by atoms with Crippen molar-refractivity contribution in [3.05, 3.63) is 53.6 Å². The molecule has 0 radical (unpaired) electrons. The Labute approximate surface area is 149 Å². The summed E-state index contributed by atoms with van der Waals surface area (Å²) in [6.07, 6.45) is 2.64. The number of carbonyl (C=O) groups is 1. The Kier molecular flexibility index (Phi) is 4.22. The third-order valence-electron chi connectivity index (χ3n) is 5.52. The van der Waals surface area contributed by atoms with E-state index in [0.717, 1.165) is 11.3 Å². The molecule has 2 aliphatic rings. The number of benzene rings is 2. The van der Waals surface area contributed by atoms with Crippen LogP contribution in [-0.4, -0.2) is 36.0 Å². The minimum absolute atomic E-state index is 0.0412. The van der Waals surface area contributed by atoms with Crippen molar-refractivity contribution in [3.8, 4) is 11.1 Å². The van der Waals surface area contributed by atoms with Crippen LogP contribution in [0.15, 0.2) is 42.5 Å². The van der Waals surface area contributed by atoms with Crippen LogP contribution in [0.5, 0.6) is 0 Å². The molecular weight excluding hydrogens is 310 g/mol. The highest BCUT2D eigenvalue weighted by molar-refractivity contribution is 5.92. The fourth-order valence-corrected chi connectivity index (χ4v) is 3.86. The van der Waals surface area contributed by atoms with E-state index in [1.165, 1.54) is 42.6 Å². The van der Waals surface area contributed by atoms with E-state index in [0.29, 0.717) is 12.6 Å². The summed E-state index contributed by atoms with van der Waals surface area (Å²) in [4.78, 5) is 16.0. The molecule has 0 unspecified atom stereocenters. The molecule has 0 saturated carbocycles. The quantitative estimate of drug-likeness (QED) is 0.897. The molecule has 2 aromatic carbocycles. The smallest absolute Gasteiger partial charge is 0.321 e. The van der Waals surface area contributed by atoms with Crippen LogP contribution in [0.3, 0.4) is 0 Å². The minimum atomic E-state index is -0.0412. The van der Waals surface area contributed by atoms with E-state index in [-0.39, 0.29) is 6.03 Å². The molecule has 0 aromatic heterocycles. The van der Waals surface area contributed by atoms with Crippen molar-refractivity contribution in [2.24, 2.45) is 0 Å². The Bertz CT molecular complexity index is 778. The number of amides is 2. The van der Waals surface area contributed by atoms with E-state index in [4.69, 9.17) is 0 Å². The average molecular weight is 335 g/mol. The maximum Gasteiger partial charge on any atom is 0.321 e. The lowest BCUT2D eigenvalue weighted by molar-refractivity contribution is 0.218. The second kappa shape index (κ2) is 6.52. The summed E-state index contributed by atoms with van der Waals surface area (Å²) in [5.74, 6) is 0. The summed E-state index contributed by atoms with van der Waals surface area (Å²) in [6, 6.07) is 15.7. The zero-order chi connectivity index (χ0) is 17.4. The van der Waals surface area contributed by atoms with Gasteiger partial charge in [0.15, 0.2) is 0 Å². The summed E-state index contributed by atoms with van der Waals surface area (Å²) < 4.78 is 0. The number of nitrogens with zero attached hydrogens (tertiary/aromatic N) is 2. The van der Waals surface area contributed by atoms with E-state index in [9.17, 15) is 4.79 Å². The van der Waals surface area contributed by atoms with Gasteiger partial charge in [0.25, 0.3) is 0 Å². The molecule has 4 heteroatoms. The predicted octanol–water partition coefficient (Wildman–Crippen LogP) is 4.49. The third kappa shape index (κ3) is 3.14. The van der Waals surface area contributed by atoms with Crippen LogP contribution in [-0.2, 0) is 6.54 Å². The molecule has 4 nitrogen and oxygen atoms in total. The third-order valence-corrected chi connectivity index (χ3v) is 5.52. The van der Waals surface area contributed by atoms with Crippen molar-refractivity contribution in [2.45, 2.75) is 32.4 Å². The maximum absolute atomic E-state index is 11.7. The van der Waals surface area contributed by atoms with E-state index in [2.05, 4.69) is 53.5 Å². The van der Waals surface area contributed by atoms with Gasteiger partial charge >= 0.3 is 6.03 Å². The molecule has 25 heavy (non-hydrogen) atoms. The molecule has 2 amide bonds. The van der Waals surface area contributed by atoms with E-state index < -0.39 is 0 Å². The molecule has 0 spiro atoms. The van der Waals surface area contributed by atoms with E-state index in [1.807, 2.05) is 13.1 Å². The van der Waals surface area contributed by atoms with Crippen LogP contribution in [0.4, 0.5) is 10.5 Å². The molecular formula is C21H25N3O. The Morgan fingerprint density at radius 1 is 1.00 bits per heavy atom. The number of hydrogen-bond donors (Lipinski definition) is 1. The van der Waals surface area contributed by atoms with Gasteiger partial charge < -0.3 is 10.2 Å². The summed E-state index contributed by atoms with van der Waals surface area (Å²) in [5, 5.41) is 2.93. The first-order valence-electron chi connectivity index (χ1n) is 9.11. The lowest BCUT2D eigenvalue weighted by Crippen LogP contribution is -2.35. The first-order valence-corrected chi connectivity index (χ1v) is 9.11. The summed E-state index contributed by atoms with van der Waals surface area (Å²) >= 11 is 0. The number of anilines is 1. The Morgan fingerprint density at radius 2 is 1.68 bits per heavy atom. The van der Waals surface area contributed by atoms with Crippen molar-refractivity contribution in [1.82, 2.24) is 9.80 Å². The SMILES string of the molecule is C[C@@H](c1ccc(-c2ccc3c(c2)CN(C)C(=O)N3)cc1)N1CCCC1. The Balaban J connectivity index is 1.56. The predicted molar refractivity (Wildman–Crippen MR) is 102 cm³/mol. The highest BCUT2D eigenvalue weighted by Gasteiger charge is 2.20. The molecule has 0 bridgehead atoms. The number of urea groups is 1. The van der Waals surface area contributed by atoms with Gasteiger partial charge in [0.1, 0.15) is 0 Å². The zero-order valence-electron chi connectivity index (χ0n) is 15.0. The molecule has 4 rings (SSSR count). The number of rotatable bonds is 3. The molecule has 1 N–H and O–H groups in total. The van der Waals surface area contributed by atoms with Crippen LogP contribution in [0.25, 0.3) is 11.1 Å². The second-order valence-electron chi connectivity index (χ2n) is 7.20. The van der Waals surface area contributed by atoms with Gasteiger partial charge in [0.2, 0.25) is 0 Å². The number of likely N-dealkylation sites (tertiary alicyclic amines) is 1. The molecule has 130 valence electrons. The number of hydrogen-bond acceptors (Lipinski definition) is 2. The van der Waals surface area contributed by atoms with Crippen molar-refractivity contribution < 1.29 is 4.79 Å². The molecule has 2 aromatic rings. The second-order valence-corrected chi connectivity index (χ2v) is 7.20. The topological polar surface area (TPSA) is 35.6 Å². The van der Waals surface area contributed by atoms with Crippen LogP contribution < -0.4 is 5.32 Å². The van der Waals surface area contributed by atoms with Gasteiger partial charge in [-0.3, -0.25) is 4.90 Å². The van der Waals surface area contributed by atoms with Crippen LogP contribution in [0.1, 0.15) is 36.9 Å². The molecule has 2 aliphatic heterocycles. The van der Waals surface area contributed by atoms with Crippen LogP contribution in [0.2, 0.25) is 0 Å². The van der Waals surface area contributed by atoms with Gasteiger partial charge in [-0.2, -0.15) is 0 Å². The Hall–Kier alpha value is -2.33. The number of nitrogens with one attached hydrogen (secondary N) is 1. The molecule has 0 aliphatic carbocycles. The summed E-state index contributed by atoms with van der Waals surface area (Å²) in [5.41, 5.74) is 5.89. The zero-order valence-corrected chi connectivity index (χ0v) is 15.0. The standard InChI is InChI=1S/C21H25N3O/c1-15(24-11-3-4-12-24)16-5-7-17(8-6-16)18-9-10-20-19(13-18)14-23(2)21(25)22-20/h5-10,13,15H,3-4,11-12,14H2,1-2H3,(H,22,25)/t15-/m0/s1. The minimum Gasteiger partial charge on any atom is -0.323 e. The first-order chi connectivity index (χ1) is 12.1. The van der Waals surface area contributed by atoms with Crippen LogP contribution in [0, 0.1) is 0 Å². The van der Waals surface area contributed by atoms with Gasteiger partial charge in [0, 0.05) is 25.3 Å². The molecule has 1 saturated heterocycles. The van der Waals surface area contributed by atoms with Crippen molar-refractivity contribution in [3.63, 3.8) is 0 Å². The molecule has 2 heterocycles. The highest BCUT2D eigenvalue weighted by atomic mass is 16.2. The lowest BCUT2D eigenvalue weighted by Gasteiger charge is -2.26. The molecule has 1 fully saturated rings. The average Bonchev–Trinajstić information content (AvgIpc) is 3.16. The largest absolute Gasteiger partial charge is 0.323 e. The van der Waals surface area contributed by atoms with Crippen molar-refractivity contribution >= 4 is 11.7 Å². The lowest BCUT2D eigenvalue weighted by atomic mass is 9.98. The van der Waals surface area contributed by atoms with E-state index in [1.54, 1.807) is 4.90 Å². The van der Waals surface area contributed by atoms with Crippen molar-refractivity contribution in [2.75, 3.05) is 25.5 Å². The van der Waals surface area contributed by atoms with E-state index >= 15 is 0 Å². The highest BCUT2D eigenvalue weighted by Crippen LogP contribution is 2.30. The van der Waals surface area contributed by atoms with Gasteiger partial charge in [-0.15, -0.1) is 0 Å². The van der Waals surface area contributed by atoms with Gasteiger partial charge in [0.05, 0.1) is 0 Å². The summed E-state index contributed by atoms with van der Waals surface area (Å²) in [6.45, 7) is 5.39. The fourth-order valence-electron chi connectivity index (χ4n) is 3.86. The molecule has 1 atom stereocenters. The first kappa shape index (κ1) is 16.2. The van der Waals surface area contributed by atoms with Crippen LogP contribution >= 0.6 is 0 Å². The Morgan fingerprint density at radius 3 is 2.40 bits per heavy atom. The normalized spacial score (nSPS) is 18.8. The van der Waals surface area contributed by atoms with Gasteiger partial charge in [-0.25, -0.2) is 4.79 Å². The number of fused-ring (bicyclic) bond motifs is 1. The monoisotopic (exact) mass is 335 g/mol.